The molecule has 0 unspecified atom stereocenters. The molecule has 0 aliphatic heterocycles. The Kier molecular flexibility index (Phi) is 1.42. The zero-order valence-corrected chi connectivity index (χ0v) is 7.04. The van der Waals surface area contributed by atoms with Crippen molar-refractivity contribution in [3.8, 4) is 11.8 Å². The zero-order chi connectivity index (χ0) is 10.5. The lowest BCUT2D eigenvalue weighted by Crippen LogP contribution is -2.19. The van der Waals surface area contributed by atoms with Crippen LogP contribution in [0, 0.1) is 0 Å². The van der Waals surface area contributed by atoms with Crippen LogP contribution in [0.5, 0.6) is 11.8 Å². The first kappa shape index (κ1) is 8.35. The molecule has 2 heterocycles. The fraction of sp³-hybridized carbons (Fsp3) is 0.167. The quantitative estimate of drug-likeness (QED) is 0.457. The molecule has 8 heteroatoms. The minimum absolute atomic E-state index is 0.105. The average Bonchev–Trinajstić information content (AvgIpc) is 2.40. The largest absolute Gasteiger partial charge is 0.492 e. The number of hydrogen-bond donors (Lipinski definition) is 3. The van der Waals surface area contributed by atoms with Crippen molar-refractivity contribution < 1.29 is 15.4 Å². The molecule has 74 valence electrons. The van der Waals surface area contributed by atoms with E-state index in [1.807, 2.05) is 0 Å². The van der Waals surface area contributed by atoms with Crippen LogP contribution in [0.25, 0.3) is 10.9 Å². The lowest BCUT2D eigenvalue weighted by atomic mass is 10.3. The van der Waals surface area contributed by atoms with Crippen LogP contribution in [0.3, 0.4) is 0 Å². The number of aromatic nitrogens is 4. The summed E-state index contributed by atoms with van der Waals surface area (Å²) in [6.07, 6.45) is 0. The van der Waals surface area contributed by atoms with Gasteiger partial charge in [0.25, 0.3) is 11.4 Å². The summed E-state index contributed by atoms with van der Waals surface area (Å²) >= 11 is 0. The van der Waals surface area contributed by atoms with Gasteiger partial charge in [0.05, 0.1) is 0 Å². The molecule has 0 amide bonds. The highest BCUT2D eigenvalue weighted by Crippen LogP contribution is 2.27. The highest BCUT2D eigenvalue weighted by molar-refractivity contribution is 5.87. The van der Waals surface area contributed by atoms with E-state index < -0.39 is 17.3 Å². The summed E-state index contributed by atoms with van der Waals surface area (Å²) in [4.78, 5) is 11.4. The van der Waals surface area contributed by atoms with Crippen LogP contribution in [-0.4, -0.2) is 35.1 Å². The summed E-state index contributed by atoms with van der Waals surface area (Å²) in [6, 6.07) is 0. The smallest absolute Gasteiger partial charge is 0.295 e. The van der Waals surface area contributed by atoms with E-state index in [-0.39, 0.29) is 15.7 Å². The second-order valence-electron chi connectivity index (χ2n) is 2.69. The number of nitrogens with zero attached hydrogens (tertiary/aromatic N) is 4. The van der Waals surface area contributed by atoms with Crippen molar-refractivity contribution in [3.63, 3.8) is 0 Å². The Morgan fingerprint density at radius 3 is 2.57 bits per heavy atom. The maximum Gasteiger partial charge on any atom is 0.295 e. The minimum Gasteiger partial charge on any atom is -0.492 e. The molecule has 0 saturated carbocycles. The molecule has 2 aromatic heterocycles. The molecular formula is C6H6N4O4. The Morgan fingerprint density at radius 1 is 1.29 bits per heavy atom. The SMILES string of the molecule is Cn1nc(O)c2c(O)n(O)nc2c1=O. The lowest BCUT2D eigenvalue weighted by molar-refractivity contribution is 0.123. The first-order valence-electron chi connectivity index (χ1n) is 3.59. The van der Waals surface area contributed by atoms with Gasteiger partial charge in [0.1, 0.15) is 5.39 Å². The van der Waals surface area contributed by atoms with Crippen LogP contribution in [0.1, 0.15) is 0 Å². The van der Waals surface area contributed by atoms with Crippen molar-refractivity contribution in [2.24, 2.45) is 7.05 Å². The molecule has 2 aromatic rings. The number of aromatic hydroxyl groups is 2. The van der Waals surface area contributed by atoms with Gasteiger partial charge in [-0.2, -0.15) is 0 Å². The molecule has 8 nitrogen and oxygen atoms in total. The summed E-state index contributed by atoms with van der Waals surface area (Å²) in [7, 11) is 1.31. The van der Waals surface area contributed by atoms with Crippen molar-refractivity contribution in [1.82, 2.24) is 19.7 Å². The molecule has 0 bridgehead atoms. The number of rotatable bonds is 0. The summed E-state index contributed by atoms with van der Waals surface area (Å²) in [5.74, 6) is -1.29. The lowest BCUT2D eigenvalue weighted by Gasteiger charge is -1.96. The molecule has 0 aromatic carbocycles. The van der Waals surface area contributed by atoms with E-state index in [1.54, 1.807) is 0 Å². The van der Waals surface area contributed by atoms with E-state index in [9.17, 15) is 15.0 Å². The standard InChI is InChI=1S/C6H6N4O4/c1-9-6(13)3-2(4(11)8-9)5(12)10(14)7-3/h12,14H,1H3,(H,8,11). The molecular weight excluding hydrogens is 192 g/mol. The van der Waals surface area contributed by atoms with Gasteiger partial charge in [-0.05, 0) is 0 Å². The van der Waals surface area contributed by atoms with Crippen LogP contribution in [0.4, 0.5) is 0 Å². The van der Waals surface area contributed by atoms with Gasteiger partial charge in [-0.25, -0.2) is 4.68 Å². The van der Waals surface area contributed by atoms with Gasteiger partial charge in [0, 0.05) is 7.05 Å². The van der Waals surface area contributed by atoms with Gasteiger partial charge >= 0.3 is 0 Å². The average molecular weight is 198 g/mol. The summed E-state index contributed by atoms with van der Waals surface area (Å²) in [5, 5.41) is 33.9. The molecule has 0 aliphatic carbocycles. The van der Waals surface area contributed by atoms with Gasteiger partial charge in [0.2, 0.25) is 5.88 Å². The zero-order valence-electron chi connectivity index (χ0n) is 7.04. The summed E-state index contributed by atoms with van der Waals surface area (Å²) in [6.45, 7) is 0. The monoisotopic (exact) mass is 198 g/mol. The highest BCUT2D eigenvalue weighted by Gasteiger charge is 2.18. The normalized spacial score (nSPS) is 10.9. The van der Waals surface area contributed by atoms with Crippen molar-refractivity contribution in [2.45, 2.75) is 0 Å². The second kappa shape index (κ2) is 2.37. The predicted molar refractivity (Wildman–Crippen MR) is 43.3 cm³/mol. The molecule has 0 fully saturated rings. The molecule has 3 N–H and O–H groups in total. The van der Waals surface area contributed by atoms with Crippen molar-refractivity contribution >= 4 is 10.9 Å². The second-order valence-corrected chi connectivity index (χ2v) is 2.69. The van der Waals surface area contributed by atoms with Crippen LogP contribution < -0.4 is 5.56 Å². The van der Waals surface area contributed by atoms with E-state index in [0.717, 1.165) is 4.68 Å². The third-order valence-corrected chi connectivity index (χ3v) is 1.81. The van der Waals surface area contributed by atoms with Crippen LogP contribution in [0.15, 0.2) is 4.79 Å². The Hall–Kier alpha value is -2.25. The number of fused-ring (bicyclic) bond motifs is 1. The maximum absolute atomic E-state index is 11.3. The van der Waals surface area contributed by atoms with E-state index in [2.05, 4.69) is 10.2 Å². The Bertz CT molecular complexity index is 569. The third-order valence-electron chi connectivity index (χ3n) is 1.81. The van der Waals surface area contributed by atoms with Gasteiger partial charge in [0.15, 0.2) is 5.52 Å². The van der Waals surface area contributed by atoms with Gasteiger partial charge < -0.3 is 15.4 Å². The fourth-order valence-electron chi connectivity index (χ4n) is 1.14. The third kappa shape index (κ3) is 0.843. The first-order chi connectivity index (χ1) is 6.52. The first-order valence-corrected chi connectivity index (χ1v) is 3.59. The molecule has 0 spiro atoms. The minimum atomic E-state index is -0.720. The van der Waals surface area contributed by atoms with E-state index >= 15 is 0 Å². The maximum atomic E-state index is 11.3. The van der Waals surface area contributed by atoms with Crippen molar-refractivity contribution in [1.29, 1.82) is 0 Å². The molecule has 14 heavy (non-hydrogen) atoms. The molecule has 0 radical (unpaired) electrons. The van der Waals surface area contributed by atoms with Crippen LogP contribution in [0.2, 0.25) is 0 Å². The van der Waals surface area contributed by atoms with E-state index in [1.165, 1.54) is 7.05 Å². The fourth-order valence-corrected chi connectivity index (χ4v) is 1.14. The molecule has 0 atom stereocenters. The highest BCUT2D eigenvalue weighted by atomic mass is 16.5. The topological polar surface area (TPSA) is 113 Å². The number of hydrogen-bond acceptors (Lipinski definition) is 6. The van der Waals surface area contributed by atoms with Gasteiger partial charge in [-0.1, -0.05) is 4.85 Å². The Labute approximate surface area is 76.2 Å². The predicted octanol–water partition coefficient (Wildman–Crippen LogP) is -1.22. The van der Waals surface area contributed by atoms with Crippen LogP contribution in [-0.2, 0) is 7.05 Å². The van der Waals surface area contributed by atoms with Gasteiger partial charge in [-0.3, -0.25) is 4.79 Å². The van der Waals surface area contributed by atoms with Gasteiger partial charge in [-0.15, -0.1) is 10.2 Å². The van der Waals surface area contributed by atoms with Crippen molar-refractivity contribution in [3.05, 3.63) is 10.4 Å². The van der Waals surface area contributed by atoms with Crippen molar-refractivity contribution in [2.75, 3.05) is 0 Å². The summed E-state index contributed by atoms with van der Waals surface area (Å²) in [5.41, 5.74) is -0.874. The molecule has 2 rings (SSSR count). The van der Waals surface area contributed by atoms with Crippen LogP contribution >= 0.6 is 0 Å². The Balaban J connectivity index is 3.10. The Morgan fingerprint density at radius 2 is 1.93 bits per heavy atom. The molecule has 0 aliphatic rings. The van der Waals surface area contributed by atoms with E-state index in [4.69, 9.17) is 5.21 Å². The van der Waals surface area contributed by atoms with E-state index in [0.29, 0.717) is 0 Å². The summed E-state index contributed by atoms with van der Waals surface area (Å²) < 4.78 is 0.851. The number of aryl methyl sites for hydroxylation is 1. The molecule has 0 saturated heterocycles.